The number of carbonyl (C=O) groups excluding carboxylic acids is 2. The molecule has 0 bridgehead atoms. The van der Waals surface area contributed by atoms with E-state index in [2.05, 4.69) is 4.65 Å². The lowest BCUT2D eigenvalue weighted by Gasteiger charge is -2.14. The summed E-state index contributed by atoms with van der Waals surface area (Å²) in [6.07, 6.45) is -8.87. The molecular weight excluding hydrogens is 650 g/mol. The molecule has 2 atom stereocenters. The number of alkyl halides is 8. The van der Waals surface area contributed by atoms with Crippen molar-refractivity contribution in [2.45, 2.75) is 12.4 Å². The highest BCUT2D eigenvalue weighted by molar-refractivity contribution is 7.41. The summed E-state index contributed by atoms with van der Waals surface area (Å²) in [5.41, 5.74) is -0.469. The number of hydrogen-bond acceptors (Lipinski definition) is 5. The van der Waals surface area contributed by atoms with Crippen LogP contribution in [0.25, 0.3) is 0 Å². The first kappa shape index (κ1) is 37.8. The van der Waals surface area contributed by atoms with E-state index in [0.29, 0.717) is 40.7 Å². The Kier molecular flexibility index (Phi) is 17.3. The zero-order valence-corrected chi connectivity index (χ0v) is 25.1. The van der Waals surface area contributed by atoms with Crippen LogP contribution < -0.4 is 4.65 Å². The standard InChI is InChI=1S/2C9H10ClOP.C8H5BF6O3/c2*10-7-12-6-9(11)8-4-2-1-3-5-8;10-7(11,12)4-1-5(8(13,14)15)3-6(2-4)18-9(16)17/h2*1-5,12H,6-7H2;1-3,16-17H. The number of hydrogen-bond donors (Lipinski definition) is 2. The molecule has 0 radical (unpaired) electrons. The topological polar surface area (TPSA) is 83.8 Å². The zero-order chi connectivity index (χ0) is 31.8. The van der Waals surface area contributed by atoms with Crippen LogP contribution in [0, 0.1) is 0 Å². The smallest absolute Gasteiger partial charge is 0.512 e. The van der Waals surface area contributed by atoms with E-state index in [4.69, 9.17) is 33.2 Å². The summed E-state index contributed by atoms with van der Waals surface area (Å²) in [6.45, 7) is 0. The molecule has 0 fully saturated rings. The van der Waals surface area contributed by atoms with Gasteiger partial charge < -0.3 is 14.7 Å². The van der Waals surface area contributed by atoms with Gasteiger partial charge in [0.2, 0.25) is 0 Å². The minimum atomic E-state index is -5.01. The summed E-state index contributed by atoms with van der Waals surface area (Å²) in [7, 11) is -1.45. The number of benzene rings is 3. The van der Waals surface area contributed by atoms with Crippen molar-refractivity contribution in [2.24, 2.45) is 0 Å². The van der Waals surface area contributed by atoms with Crippen molar-refractivity contribution in [1.82, 2.24) is 0 Å². The van der Waals surface area contributed by atoms with E-state index in [1.165, 1.54) is 0 Å². The lowest BCUT2D eigenvalue weighted by atomic mass is 10.1. The maximum absolute atomic E-state index is 12.3. The molecule has 42 heavy (non-hydrogen) atoms. The predicted octanol–water partition coefficient (Wildman–Crippen LogP) is 7.56. The van der Waals surface area contributed by atoms with E-state index in [0.717, 1.165) is 11.1 Å². The quantitative estimate of drug-likeness (QED) is 0.0763. The molecule has 0 spiro atoms. The van der Waals surface area contributed by atoms with Crippen LogP contribution in [-0.4, -0.2) is 52.5 Å². The second-order valence-electron chi connectivity index (χ2n) is 7.88. The first-order chi connectivity index (χ1) is 19.7. The molecule has 0 aliphatic heterocycles. The van der Waals surface area contributed by atoms with Crippen molar-refractivity contribution in [2.75, 3.05) is 23.6 Å². The van der Waals surface area contributed by atoms with E-state index < -0.39 is 36.6 Å². The Morgan fingerprint density at radius 1 is 0.690 bits per heavy atom. The van der Waals surface area contributed by atoms with Crippen molar-refractivity contribution < 1.29 is 50.6 Å². The molecule has 2 N–H and O–H groups in total. The Balaban J connectivity index is 0.000000325. The molecule has 0 aliphatic rings. The molecule has 3 rings (SSSR count). The van der Waals surface area contributed by atoms with Gasteiger partial charge in [0.25, 0.3) is 0 Å². The molecular formula is C26H25BCl2F6O5P2. The third kappa shape index (κ3) is 15.3. The van der Waals surface area contributed by atoms with Gasteiger partial charge in [-0.15, -0.1) is 23.2 Å². The highest BCUT2D eigenvalue weighted by atomic mass is 35.5. The minimum Gasteiger partial charge on any atom is -0.512 e. The first-order valence-corrected chi connectivity index (χ1v) is 15.6. The third-order valence-corrected chi connectivity index (χ3v) is 7.41. The molecule has 0 saturated carbocycles. The summed E-state index contributed by atoms with van der Waals surface area (Å²) in [6, 6.07) is 19.0. The minimum absolute atomic E-state index is 0.101. The van der Waals surface area contributed by atoms with Gasteiger partial charge in [-0.05, 0) is 18.2 Å². The Labute approximate surface area is 252 Å². The van der Waals surface area contributed by atoms with Crippen LogP contribution in [0.4, 0.5) is 26.3 Å². The Bertz CT molecular complexity index is 1150. The SMILES string of the molecule is O=C(CPCCl)c1ccccc1.O=C(CPCCl)c1ccccc1.OB(O)Oc1cc(C(F)(F)F)cc(C(F)(F)F)c1. The third-order valence-electron chi connectivity index (χ3n) is 4.75. The van der Waals surface area contributed by atoms with Crippen LogP contribution in [0.2, 0.25) is 0 Å². The molecule has 0 amide bonds. The van der Waals surface area contributed by atoms with Crippen molar-refractivity contribution >= 4 is 59.3 Å². The highest BCUT2D eigenvalue weighted by Gasteiger charge is 2.37. The fourth-order valence-electron chi connectivity index (χ4n) is 2.89. The zero-order valence-electron chi connectivity index (χ0n) is 21.6. The molecule has 0 heterocycles. The maximum Gasteiger partial charge on any atom is 0.707 e. The van der Waals surface area contributed by atoms with Gasteiger partial charge in [0.05, 0.1) is 11.1 Å². The summed E-state index contributed by atoms with van der Waals surface area (Å²) in [4.78, 5) is 22.7. The summed E-state index contributed by atoms with van der Waals surface area (Å²) in [5.74, 6) is -0.573. The highest BCUT2D eigenvalue weighted by Crippen LogP contribution is 2.38. The first-order valence-electron chi connectivity index (χ1n) is 11.7. The Morgan fingerprint density at radius 2 is 1.05 bits per heavy atom. The van der Waals surface area contributed by atoms with Crippen molar-refractivity contribution in [1.29, 1.82) is 0 Å². The van der Waals surface area contributed by atoms with Crippen LogP contribution in [0.5, 0.6) is 5.75 Å². The molecule has 3 aromatic rings. The molecule has 0 aliphatic carbocycles. The average Bonchev–Trinajstić information content (AvgIpc) is 2.95. The van der Waals surface area contributed by atoms with Crippen molar-refractivity contribution in [3.05, 3.63) is 101 Å². The fraction of sp³-hybridized carbons (Fsp3) is 0.231. The number of Topliss-reactive ketones (excluding diaryl/α,β-unsaturated/α-hetero) is 2. The van der Waals surface area contributed by atoms with Crippen LogP contribution in [0.15, 0.2) is 78.9 Å². The summed E-state index contributed by atoms with van der Waals surface area (Å²) in [5, 5.41) is 16.7. The monoisotopic (exact) mass is 674 g/mol. The van der Waals surface area contributed by atoms with Crippen LogP contribution >= 0.6 is 40.4 Å². The van der Waals surface area contributed by atoms with Crippen LogP contribution in [0.1, 0.15) is 31.8 Å². The average molecular weight is 675 g/mol. The van der Waals surface area contributed by atoms with E-state index in [1.54, 1.807) is 0 Å². The molecule has 228 valence electrons. The van der Waals surface area contributed by atoms with Crippen molar-refractivity contribution in [3.8, 4) is 5.75 Å². The molecule has 3 aromatic carbocycles. The maximum atomic E-state index is 12.3. The summed E-state index contributed by atoms with van der Waals surface area (Å²) >= 11 is 11.0. The fourth-order valence-corrected chi connectivity index (χ4v) is 4.51. The summed E-state index contributed by atoms with van der Waals surface area (Å²) < 4.78 is 78.0. The predicted molar refractivity (Wildman–Crippen MR) is 157 cm³/mol. The van der Waals surface area contributed by atoms with Gasteiger partial charge in [-0.25, -0.2) is 0 Å². The lowest BCUT2D eigenvalue weighted by molar-refractivity contribution is -0.143. The normalized spacial score (nSPS) is 11.5. The number of rotatable bonds is 10. The second kappa shape index (κ2) is 19.2. The largest absolute Gasteiger partial charge is 0.707 e. The lowest BCUT2D eigenvalue weighted by Crippen LogP contribution is -2.21. The molecule has 0 saturated heterocycles. The Hall–Kier alpha value is -2.20. The van der Waals surface area contributed by atoms with Crippen LogP contribution in [-0.2, 0) is 12.4 Å². The molecule has 5 nitrogen and oxygen atoms in total. The van der Waals surface area contributed by atoms with E-state index in [9.17, 15) is 35.9 Å². The van der Waals surface area contributed by atoms with Gasteiger partial charge in [0.15, 0.2) is 11.6 Å². The molecule has 2 unspecified atom stereocenters. The Morgan fingerprint density at radius 3 is 1.33 bits per heavy atom. The van der Waals surface area contributed by atoms with E-state index in [-0.39, 0.29) is 29.8 Å². The van der Waals surface area contributed by atoms with Gasteiger partial charge in [-0.1, -0.05) is 77.8 Å². The molecule has 16 heteroatoms. The van der Waals surface area contributed by atoms with E-state index in [1.807, 2.05) is 60.7 Å². The number of carbonyl (C=O) groups is 2. The van der Waals surface area contributed by atoms with Gasteiger partial charge in [0.1, 0.15) is 5.75 Å². The van der Waals surface area contributed by atoms with Gasteiger partial charge in [-0.2, -0.15) is 26.3 Å². The van der Waals surface area contributed by atoms with E-state index >= 15 is 0 Å². The van der Waals surface area contributed by atoms with Gasteiger partial charge in [0, 0.05) is 34.7 Å². The number of halogens is 8. The number of ketones is 2. The van der Waals surface area contributed by atoms with Crippen molar-refractivity contribution in [3.63, 3.8) is 0 Å². The van der Waals surface area contributed by atoms with Gasteiger partial charge in [-0.3, -0.25) is 9.59 Å². The van der Waals surface area contributed by atoms with Crippen LogP contribution in [0.3, 0.4) is 0 Å². The van der Waals surface area contributed by atoms with Gasteiger partial charge >= 0.3 is 19.7 Å². The molecule has 0 aromatic heterocycles. The second-order valence-corrected chi connectivity index (χ2v) is 11.7.